The lowest BCUT2D eigenvalue weighted by Gasteiger charge is -2.39. The lowest BCUT2D eigenvalue weighted by molar-refractivity contribution is 0.119. The fourth-order valence-electron chi connectivity index (χ4n) is 6.74. The van der Waals surface area contributed by atoms with Gasteiger partial charge in [0.15, 0.2) is 5.82 Å². The van der Waals surface area contributed by atoms with Gasteiger partial charge in [0.1, 0.15) is 17.0 Å². The number of halogens is 2. The molecule has 0 radical (unpaired) electrons. The van der Waals surface area contributed by atoms with Crippen LogP contribution in [0.15, 0.2) is 42.6 Å². The number of amides is 1. The van der Waals surface area contributed by atoms with Crippen LogP contribution in [-0.2, 0) is 0 Å². The van der Waals surface area contributed by atoms with Crippen molar-refractivity contribution >= 4 is 45.2 Å². The molecular weight excluding hydrogens is 597 g/mol. The second-order valence-corrected chi connectivity index (χ2v) is 12.8. The fraction of sp³-hybridized carbons (Fsp3) is 0.424. The summed E-state index contributed by atoms with van der Waals surface area (Å²) in [6.45, 7) is 4.29. The Hall–Kier alpha value is -4.27. The van der Waals surface area contributed by atoms with Gasteiger partial charge in [-0.05, 0) is 50.2 Å². The Labute approximate surface area is 265 Å². The van der Waals surface area contributed by atoms with Gasteiger partial charge in [0.25, 0.3) is 0 Å². The summed E-state index contributed by atoms with van der Waals surface area (Å²) in [7, 11) is 0. The van der Waals surface area contributed by atoms with Gasteiger partial charge in [-0.1, -0.05) is 41.9 Å². The minimum atomic E-state index is -1.08. The minimum absolute atomic E-state index is 0.0206. The predicted molar refractivity (Wildman–Crippen MR) is 169 cm³/mol. The van der Waals surface area contributed by atoms with Crippen LogP contribution < -0.4 is 9.64 Å². The molecule has 3 fully saturated rings. The lowest BCUT2D eigenvalue weighted by Crippen LogP contribution is -2.55. The number of nitriles is 1. The number of carbonyl (C=O) groups is 1. The number of fused-ring (bicyclic) bond motifs is 2. The van der Waals surface area contributed by atoms with E-state index >= 15 is 4.39 Å². The molecule has 2 aromatic carbocycles. The van der Waals surface area contributed by atoms with Crippen molar-refractivity contribution in [2.75, 3.05) is 50.8 Å². The van der Waals surface area contributed by atoms with Gasteiger partial charge in [-0.25, -0.2) is 9.18 Å². The van der Waals surface area contributed by atoms with Crippen LogP contribution in [0, 0.1) is 22.6 Å². The number of benzene rings is 2. The highest BCUT2D eigenvalue weighted by atomic mass is 35.5. The maximum Gasteiger partial charge on any atom is 0.407 e. The van der Waals surface area contributed by atoms with Gasteiger partial charge in [0.2, 0.25) is 0 Å². The summed E-state index contributed by atoms with van der Waals surface area (Å²) in [6.07, 6.45) is 5.04. The van der Waals surface area contributed by atoms with Crippen LogP contribution in [0.1, 0.15) is 32.1 Å². The SMILES string of the molecule is N#CCC1CN(c2nc(OCC3(CN4CCCC4)CC3)nc3c(F)c(-c4cccc5cccc(Cl)c45)ncc23)CCN1C(=O)O. The van der Waals surface area contributed by atoms with Crippen LogP contribution in [0.25, 0.3) is 32.9 Å². The number of ether oxygens (including phenoxy) is 1. The zero-order valence-electron chi connectivity index (χ0n) is 24.8. The first-order valence-electron chi connectivity index (χ1n) is 15.4. The largest absolute Gasteiger partial charge is 0.465 e. The van der Waals surface area contributed by atoms with E-state index < -0.39 is 18.0 Å². The molecule has 4 aromatic rings. The van der Waals surface area contributed by atoms with Gasteiger partial charge < -0.3 is 24.5 Å². The molecule has 2 saturated heterocycles. The van der Waals surface area contributed by atoms with Gasteiger partial charge in [-0.2, -0.15) is 15.2 Å². The number of hydrogen-bond acceptors (Lipinski definition) is 8. The second kappa shape index (κ2) is 11.9. The van der Waals surface area contributed by atoms with Crippen molar-refractivity contribution < 1.29 is 19.0 Å². The summed E-state index contributed by atoms with van der Waals surface area (Å²) in [5.41, 5.74) is 0.760. The van der Waals surface area contributed by atoms with Crippen molar-refractivity contribution in [2.45, 2.75) is 38.1 Å². The van der Waals surface area contributed by atoms with E-state index in [0.717, 1.165) is 37.9 Å². The number of likely N-dealkylation sites (tertiary alicyclic amines) is 1. The number of hydrogen-bond donors (Lipinski definition) is 1. The molecule has 0 bridgehead atoms. The molecule has 1 aliphatic carbocycles. The highest BCUT2D eigenvalue weighted by Gasteiger charge is 2.45. The van der Waals surface area contributed by atoms with Gasteiger partial charge >= 0.3 is 12.1 Å². The molecule has 1 unspecified atom stereocenters. The summed E-state index contributed by atoms with van der Waals surface area (Å²) < 4.78 is 22.9. The van der Waals surface area contributed by atoms with Crippen molar-refractivity contribution in [1.29, 1.82) is 5.26 Å². The van der Waals surface area contributed by atoms with Crippen LogP contribution in [0.4, 0.5) is 15.0 Å². The Bertz CT molecular complexity index is 1820. The second-order valence-electron chi connectivity index (χ2n) is 12.4. The zero-order chi connectivity index (χ0) is 31.1. The number of nitrogens with zero attached hydrogens (tertiary/aromatic N) is 7. The highest BCUT2D eigenvalue weighted by Crippen LogP contribution is 2.47. The number of carboxylic acid groups (broad SMARTS) is 1. The quantitative estimate of drug-likeness (QED) is 0.251. The van der Waals surface area contributed by atoms with Crippen molar-refractivity contribution in [1.82, 2.24) is 24.8 Å². The van der Waals surface area contributed by atoms with Crippen molar-refractivity contribution in [2.24, 2.45) is 5.41 Å². The third-order valence-electron chi connectivity index (χ3n) is 9.33. The maximum absolute atomic E-state index is 16.7. The van der Waals surface area contributed by atoms with Gasteiger partial charge in [-0.3, -0.25) is 4.98 Å². The summed E-state index contributed by atoms with van der Waals surface area (Å²) in [5.74, 6) is -0.217. The van der Waals surface area contributed by atoms with E-state index in [1.165, 1.54) is 17.7 Å². The fourth-order valence-corrected chi connectivity index (χ4v) is 7.03. The Morgan fingerprint density at radius 1 is 1.13 bits per heavy atom. The summed E-state index contributed by atoms with van der Waals surface area (Å²) in [5, 5.41) is 21.5. The minimum Gasteiger partial charge on any atom is -0.465 e. The first-order chi connectivity index (χ1) is 21.9. The van der Waals surface area contributed by atoms with E-state index in [4.69, 9.17) is 21.3 Å². The highest BCUT2D eigenvalue weighted by molar-refractivity contribution is 6.36. The van der Waals surface area contributed by atoms with E-state index in [1.807, 2.05) is 29.2 Å². The summed E-state index contributed by atoms with van der Waals surface area (Å²) >= 11 is 6.58. The standard InChI is InChI=1S/C33H33ClFN7O3/c34-25-8-4-6-21-5-3-7-23(26(21)25)28-27(35)29-24(17-37-28)30(41-15-16-42(32(43)44)22(18-41)9-12-36)39-31(38-29)45-20-33(10-11-33)19-40-13-1-2-14-40/h3-8,17,22H,1-2,9-11,13-16,18-20H2,(H,43,44). The topological polar surface area (TPSA) is 119 Å². The molecule has 232 valence electrons. The zero-order valence-corrected chi connectivity index (χ0v) is 25.5. The maximum atomic E-state index is 16.7. The molecule has 4 heterocycles. The van der Waals surface area contributed by atoms with E-state index in [-0.39, 0.29) is 42.1 Å². The molecule has 0 spiro atoms. The molecule has 12 heteroatoms. The third kappa shape index (κ3) is 5.69. The van der Waals surface area contributed by atoms with Crippen molar-refractivity contribution in [3.8, 4) is 23.3 Å². The molecule has 2 aromatic heterocycles. The molecule has 1 amide bonds. The molecule has 1 atom stereocenters. The van der Waals surface area contributed by atoms with Crippen LogP contribution in [0.2, 0.25) is 5.02 Å². The van der Waals surface area contributed by atoms with Crippen molar-refractivity contribution in [3.05, 3.63) is 53.4 Å². The monoisotopic (exact) mass is 629 g/mol. The number of piperazine rings is 1. The summed E-state index contributed by atoms with van der Waals surface area (Å²) in [6, 6.07) is 12.7. The molecule has 7 rings (SSSR count). The Kier molecular flexibility index (Phi) is 7.79. The molecular formula is C33H33ClFN7O3. The van der Waals surface area contributed by atoms with Crippen LogP contribution in [0.3, 0.4) is 0 Å². The lowest BCUT2D eigenvalue weighted by atomic mass is 10.0. The smallest absolute Gasteiger partial charge is 0.407 e. The van der Waals surface area contributed by atoms with Crippen molar-refractivity contribution in [3.63, 3.8) is 0 Å². The molecule has 1 N–H and O–H groups in total. The molecule has 10 nitrogen and oxygen atoms in total. The summed E-state index contributed by atoms with van der Waals surface area (Å²) in [4.78, 5) is 31.4. The van der Waals surface area contributed by atoms with E-state index in [1.54, 1.807) is 18.3 Å². The molecule has 45 heavy (non-hydrogen) atoms. The Morgan fingerprint density at radius 3 is 2.64 bits per heavy atom. The Morgan fingerprint density at radius 2 is 1.91 bits per heavy atom. The average Bonchev–Trinajstić information content (AvgIpc) is 3.61. The van der Waals surface area contributed by atoms with Crippen LogP contribution in [0.5, 0.6) is 6.01 Å². The molecule has 1 saturated carbocycles. The Balaban J connectivity index is 1.30. The molecule has 2 aliphatic heterocycles. The van der Waals surface area contributed by atoms with Gasteiger partial charge in [0.05, 0.1) is 30.5 Å². The first-order valence-corrected chi connectivity index (χ1v) is 15.7. The number of aromatic nitrogens is 3. The van der Waals surface area contributed by atoms with E-state index in [0.29, 0.717) is 40.3 Å². The van der Waals surface area contributed by atoms with E-state index in [9.17, 15) is 15.2 Å². The number of pyridine rings is 1. The predicted octanol–water partition coefficient (Wildman–Crippen LogP) is 5.97. The normalized spacial score (nSPS) is 19.6. The van der Waals surface area contributed by atoms with Gasteiger partial charge in [0, 0.05) is 53.8 Å². The van der Waals surface area contributed by atoms with E-state index in [2.05, 4.69) is 20.9 Å². The van der Waals surface area contributed by atoms with Gasteiger partial charge in [-0.15, -0.1) is 0 Å². The third-order valence-corrected chi connectivity index (χ3v) is 9.64. The first kappa shape index (κ1) is 29.4. The number of rotatable bonds is 8. The van der Waals surface area contributed by atoms with Crippen LogP contribution in [-0.4, -0.2) is 87.9 Å². The number of anilines is 1. The molecule has 3 aliphatic rings. The van der Waals surface area contributed by atoms with Crippen LogP contribution >= 0.6 is 11.6 Å². The average molecular weight is 630 g/mol.